The maximum atomic E-state index is 12.5. The fraction of sp³-hybridized carbons (Fsp3) is 0.600. The van der Waals surface area contributed by atoms with Crippen molar-refractivity contribution in [3.8, 4) is 0 Å². The van der Waals surface area contributed by atoms with Gasteiger partial charge in [0.25, 0.3) is 0 Å². The van der Waals surface area contributed by atoms with Crippen LogP contribution in [0.25, 0.3) is 0 Å². The maximum Gasteiger partial charge on any atom is 0.433 e. The van der Waals surface area contributed by atoms with Crippen LogP contribution in [0.2, 0.25) is 0 Å². The van der Waals surface area contributed by atoms with E-state index in [1.807, 2.05) is 0 Å². The van der Waals surface area contributed by atoms with Crippen LogP contribution in [-0.4, -0.2) is 29.8 Å². The Morgan fingerprint density at radius 1 is 1.26 bits per heavy atom. The SMILES string of the molecule is CC(C)(C)OC(=O)NCC(C)(CN)c1ccc(C(F)(F)F)nc1. The van der Waals surface area contributed by atoms with Crippen LogP contribution < -0.4 is 11.1 Å². The lowest BCUT2D eigenvalue weighted by Gasteiger charge is -2.29. The highest BCUT2D eigenvalue weighted by atomic mass is 19.4. The lowest BCUT2D eigenvalue weighted by Crippen LogP contribution is -2.45. The molecule has 130 valence electrons. The third-order valence-corrected chi connectivity index (χ3v) is 3.22. The number of carbonyl (C=O) groups is 1. The number of amides is 1. The molecule has 0 spiro atoms. The molecule has 1 amide bonds. The van der Waals surface area contributed by atoms with E-state index in [-0.39, 0.29) is 13.1 Å². The first-order valence-electron chi connectivity index (χ1n) is 7.08. The standard InChI is InChI=1S/C15H22F3N3O2/c1-13(2,3)23-12(22)21-9-14(4,8-19)10-5-6-11(20-7-10)15(16,17)18/h5-7H,8-9,19H2,1-4H3,(H,21,22). The Kier molecular flexibility index (Phi) is 5.63. The zero-order valence-corrected chi connectivity index (χ0v) is 13.6. The van der Waals surface area contributed by atoms with E-state index in [0.717, 1.165) is 12.3 Å². The Morgan fingerprint density at radius 3 is 2.26 bits per heavy atom. The van der Waals surface area contributed by atoms with Crippen molar-refractivity contribution in [3.05, 3.63) is 29.6 Å². The summed E-state index contributed by atoms with van der Waals surface area (Å²) < 4.78 is 42.8. The number of alkyl carbamates (subject to hydrolysis) is 1. The van der Waals surface area contributed by atoms with Gasteiger partial charge in [0.1, 0.15) is 11.3 Å². The van der Waals surface area contributed by atoms with Gasteiger partial charge in [0.15, 0.2) is 0 Å². The number of hydrogen-bond acceptors (Lipinski definition) is 4. The third kappa shape index (κ3) is 5.70. The van der Waals surface area contributed by atoms with Gasteiger partial charge in [-0.1, -0.05) is 13.0 Å². The van der Waals surface area contributed by atoms with Crippen molar-refractivity contribution in [2.75, 3.05) is 13.1 Å². The lowest BCUT2D eigenvalue weighted by atomic mass is 9.83. The highest BCUT2D eigenvalue weighted by Crippen LogP contribution is 2.29. The zero-order valence-electron chi connectivity index (χ0n) is 13.6. The molecule has 1 atom stereocenters. The summed E-state index contributed by atoms with van der Waals surface area (Å²) in [7, 11) is 0. The van der Waals surface area contributed by atoms with Crippen LogP contribution in [0.15, 0.2) is 18.3 Å². The lowest BCUT2D eigenvalue weighted by molar-refractivity contribution is -0.141. The minimum atomic E-state index is -4.49. The van der Waals surface area contributed by atoms with E-state index < -0.39 is 29.0 Å². The van der Waals surface area contributed by atoms with Gasteiger partial charge in [0, 0.05) is 24.7 Å². The molecule has 0 fully saturated rings. The molecule has 0 aromatic carbocycles. The summed E-state index contributed by atoms with van der Waals surface area (Å²) in [4.78, 5) is 15.1. The van der Waals surface area contributed by atoms with E-state index in [9.17, 15) is 18.0 Å². The van der Waals surface area contributed by atoms with Crippen LogP contribution in [0, 0.1) is 0 Å². The van der Waals surface area contributed by atoms with Gasteiger partial charge in [-0.15, -0.1) is 0 Å². The quantitative estimate of drug-likeness (QED) is 0.888. The van der Waals surface area contributed by atoms with E-state index in [0.29, 0.717) is 5.56 Å². The fourth-order valence-corrected chi connectivity index (χ4v) is 1.79. The van der Waals surface area contributed by atoms with Gasteiger partial charge in [0.2, 0.25) is 0 Å². The van der Waals surface area contributed by atoms with Crippen LogP contribution >= 0.6 is 0 Å². The molecule has 1 aromatic rings. The van der Waals surface area contributed by atoms with E-state index in [4.69, 9.17) is 10.5 Å². The summed E-state index contributed by atoms with van der Waals surface area (Å²) >= 11 is 0. The van der Waals surface area contributed by atoms with Crippen molar-refractivity contribution in [1.82, 2.24) is 10.3 Å². The van der Waals surface area contributed by atoms with Gasteiger partial charge >= 0.3 is 12.3 Å². The van der Waals surface area contributed by atoms with Crippen molar-refractivity contribution in [1.29, 1.82) is 0 Å². The van der Waals surface area contributed by atoms with Crippen molar-refractivity contribution >= 4 is 6.09 Å². The molecule has 1 rings (SSSR count). The van der Waals surface area contributed by atoms with Gasteiger partial charge in [-0.2, -0.15) is 13.2 Å². The second-order valence-electron chi connectivity index (χ2n) is 6.55. The number of hydrogen-bond donors (Lipinski definition) is 2. The average Bonchev–Trinajstić information content (AvgIpc) is 2.42. The van der Waals surface area contributed by atoms with Gasteiger partial charge in [-0.3, -0.25) is 4.98 Å². The van der Waals surface area contributed by atoms with Crippen molar-refractivity contribution in [3.63, 3.8) is 0 Å². The maximum absolute atomic E-state index is 12.5. The highest BCUT2D eigenvalue weighted by Gasteiger charge is 2.33. The van der Waals surface area contributed by atoms with Crippen molar-refractivity contribution in [2.45, 2.75) is 44.9 Å². The first-order valence-corrected chi connectivity index (χ1v) is 7.08. The summed E-state index contributed by atoms with van der Waals surface area (Å²) in [6.45, 7) is 7.16. The largest absolute Gasteiger partial charge is 0.444 e. The number of halogens is 3. The molecule has 5 nitrogen and oxygen atoms in total. The molecule has 1 heterocycles. The monoisotopic (exact) mass is 333 g/mol. The minimum absolute atomic E-state index is 0.117. The Bertz CT molecular complexity index is 538. The summed E-state index contributed by atoms with van der Waals surface area (Å²) in [5, 5.41) is 2.58. The van der Waals surface area contributed by atoms with Crippen LogP contribution in [0.5, 0.6) is 0 Å². The predicted octanol–water partition coefficient (Wildman–Crippen LogP) is 2.84. The van der Waals surface area contributed by atoms with Gasteiger partial charge < -0.3 is 15.8 Å². The van der Waals surface area contributed by atoms with E-state index in [1.54, 1.807) is 27.7 Å². The fourth-order valence-electron chi connectivity index (χ4n) is 1.79. The predicted molar refractivity (Wildman–Crippen MR) is 79.9 cm³/mol. The molecule has 1 aromatic heterocycles. The molecule has 0 aliphatic rings. The van der Waals surface area contributed by atoms with Crippen LogP contribution in [0.4, 0.5) is 18.0 Å². The zero-order chi connectivity index (χ0) is 17.9. The number of rotatable bonds is 4. The van der Waals surface area contributed by atoms with Gasteiger partial charge in [-0.25, -0.2) is 4.79 Å². The number of nitrogens with one attached hydrogen (secondary N) is 1. The summed E-state index contributed by atoms with van der Waals surface area (Å²) in [6.07, 6.45) is -3.98. The van der Waals surface area contributed by atoms with Crippen LogP contribution in [0.1, 0.15) is 39.0 Å². The molecule has 23 heavy (non-hydrogen) atoms. The molecular formula is C15H22F3N3O2. The van der Waals surface area contributed by atoms with E-state index in [1.165, 1.54) is 6.07 Å². The molecule has 8 heteroatoms. The normalized spacial score (nSPS) is 15.0. The molecule has 0 saturated carbocycles. The van der Waals surface area contributed by atoms with Gasteiger partial charge in [-0.05, 0) is 32.4 Å². The summed E-state index contributed by atoms with van der Waals surface area (Å²) in [6, 6.07) is 2.22. The van der Waals surface area contributed by atoms with E-state index in [2.05, 4.69) is 10.3 Å². The number of alkyl halides is 3. The summed E-state index contributed by atoms with van der Waals surface area (Å²) in [5.74, 6) is 0. The van der Waals surface area contributed by atoms with Crippen molar-refractivity contribution < 1.29 is 22.7 Å². The molecule has 3 N–H and O–H groups in total. The molecular weight excluding hydrogens is 311 g/mol. The van der Waals surface area contributed by atoms with E-state index >= 15 is 0 Å². The second-order valence-corrected chi connectivity index (χ2v) is 6.55. The number of pyridine rings is 1. The molecule has 0 aliphatic carbocycles. The first-order chi connectivity index (χ1) is 10.4. The molecule has 0 bridgehead atoms. The average molecular weight is 333 g/mol. The number of nitrogens with two attached hydrogens (primary N) is 1. The minimum Gasteiger partial charge on any atom is -0.444 e. The Labute approximate surface area is 133 Å². The van der Waals surface area contributed by atoms with Crippen molar-refractivity contribution in [2.24, 2.45) is 5.73 Å². The highest BCUT2D eigenvalue weighted by molar-refractivity contribution is 5.67. The number of nitrogens with zero attached hydrogens (tertiary/aromatic N) is 1. The molecule has 1 unspecified atom stereocenters. The smallest absolute Gasteiger partial charge is 0.433 e. The Balaban J connectivity index is 2.83. The number of aromatic nitrogens is 1. The number of carbonyl (C=O) groups excluding carboxylic acids is 1. The number of ether oxygens (including phenoxy) is 1. The molecule has 0 saturated heterocycles. The Hall–Kier alpha value is -1.83. The molecule has 0 aliphatic heterocycles. The van der Waals surface area contributed by atoms with Gasteiger partial charge in [0.05, 0.1) is 0 Å². The second kappa shape index (κ2) is 6.74. The molecule has 0 radical (unpaired) electrons. The first kappa shape index (κ1) is 19.2. The Morgan fingerprint density at radius 2 is 1.87 bits per heavy atom. The van der Waals surface area contributed by atoms with Crippen LogP contribution in [-0.2, 0) is 16.3 Å². The van der Waals surface area contributed by atoms with Crippen LogP contribution in [0.3, 0.4) is 0 Å². The summed E-state index contributed by atoms with van der Waals surface area (Å²) in [5.41, 5.74) is 3.87. The third-order valence-electron chi connectivity index (χ3n) is 3.22. The topological polar surface area (TPSA) is 77.2 Å².